The second-order valence-corrected chi connectivity index (χ2v) is 5.60. The molecule has 1 heterocycles. The number of nitriles is 1. The van der Waals surface area contributed by atoms with Gasteiger partial charge in [-0.05, 0) is 29.9 Å². The van der Waals surface area contributed by atoms with Gasteiger partial charge in [-0.15, -0.1) is 0 Å². The summed E-state index contributed by atoms with van der Waals surface area (Å²) < 4.78 is 0. The van der Waals surface area contributed by atoms with Crippen molar-refractivity contribution >= 4 is 11.8 Å². The predicted octanol–water partition coefficient (Wildman–Crippen LogP) is 3.13. The number of hydrogen-bond acceptors (Lipinski definition) is 3. The zero-order chi connectivity index (χ0) is 11.9. The largest absolute Gasteiger partial charge is 0.306 e. The van der Waals surface area contributed by atoms with E-state index in [-0.39, 0.29) is 6.04 Å². The van der Waals surface area contributed by atoms with Crippen LogP contribution in [-0.4, -0.2) is 17.5 Å². The van der Waals surface area contributed by atoms with Crippen LogP contribution >= 0.6 is 11.8 Å². The first-order valence-electron chi connectivity index (χ1n) is 6.16. The van der Waals surface area contributed by atoms with E-state index in [0.29, 0.717) is 12.5 Å². The Balaban J connectivity index is 1.99. The molecule has 0 bridgehead atoms. The number of nitrogens with one attached hydrogen (secondary N) is 1. The molecule has 1 unspecified atom stereocenters. The summed E-state index contributed by atoms with van der Waals surface area (Å²) in [5.74, 6) is 2.48. The lowest BCUT2D eigenvalue weighted by Gasteiger charge is -2.27. The highest BCUT2D eigenvalue weighted by Gasteiger charge is 2.18. The first-order chi connectivity index (χ1) is 8.40. The summed E-state index contributed by atoms with van der Waals surface area (Å²) in [6.07, 6.45) is 2.99. The van der Waals surface area contributed by atoms with Crippen LogP contribution in [0.2, 0.25) is 0 Å². The maximum absolute atomic E-state index is 8.93. The summed E-state index contributed by atoms with van der Waals surface area (Å²) >= 11 is 2.03. The van der Waals surface area contributed by atoms with Crippen LogP contribution in [0.15, 0.2) is 30.3 Å². The highest BCUT2D eigenvalue weighted by atomic mass is 32.2. The molecule has 1 saturated heterocycles. The Labute approximate surface area is 107 Å². The van der Waals surface area contributed by atoms with Crippen LogP contribution < -0.4 is 5.32 Å². The fourth-order valence-electron chi connectivity index (χ4n) is 2.20. The van der Waals surface area contributed by atoms with Gasteiger partial charge in [-0.2, -0.15) is 17.0 Å². The van der Waals surface area contributed by atoms with Gasteiger partial charge in [0.05, 0.1) is 12.5 Å². The Kier molecular flexibility index (Phi) is 4.90. The van der Waals surface area contributed by atoms with Crippen LogP contribution in [0.1, 0.15) is 30.9 Å². The number of hydrogen-bond donors (Lipinski definition) is 1. The van der Waals surface area contributed by atoms with Gasteiger partial charge in [0, 0.05) is 12.1 Å². The molecule has 90 valence electrons. The Morgan fingerprint density at radius 1 is 1.29 bits per heavy atom. The van der Waals surface area contributed by atoms with Gasteiger partial charge in [0.15, 0.2) is 0 Å². The summed E-state index contributed by atoms with van der Waals surface area (Å²) in [4.78, 5) is 0. The molecule has 1 aliphatic rings. The summed E-state index contributed by atoms with van der Waals surface area (Å²) in [6, 6.07) is 13.4. The standard InChI is InChI=1S/C14H18N2S/c15-9-6-14(12-4-2-1-3-5-12)16-13-7-10-17-11-8-13/h1-5,13-14,16H,6-8,10-11H2. The molecule has 2 nitrogen and oxygen atoms in total. The highest BCUT2D eigenvalue weighted by molar-refractivity contribution is 7.99. The van der Waals surface area contributed by atoms with Crippen LogP contribution in [0.25, 0.3) is 0 Å². The van der Waals surface area contributed by atoms with E-state index in [9.17, 15) is 0 Å². The Morgan fingerprint density at radius 2 is 2.00 bits per heavy atom. The molecule has 0 saturated carbocycles. The summed E-state index contributed by atoms with van der Waals surface area (Å²) in [7, 11) is 0. The zero-order valence-corrected chi connectivity index (χ0v) is 10.7. The van der Waals surface area contributed by atoms with E-state index in [0.717, 1.165) is 0 Å². The third-order valence-electron chi connectivity index (χ3n) is 3.16. The fourth-order valence-corrected chi connectivity index (χ4v) is 3.30. The van der Waals surface area contributed by atoms with Gasteiger partial charge in [0.2, 0.25) is 0 Å². The first-order valence-corrected chi connectivity index (χ1v) is 7.31. The minimum absolute atomic E-state index is 0.189. The molecular formula is C14H18N2S. The van der Waals surface area contributed by atoms with Gasteiger partial charge in [-0.3, -0.25) is 0 Å². The molecule has 1 N–H and O–H groups in total. The zero-order valence-electron chi connectivity index (χ0n) is 9.93. The minimum Gasteiger partial charge on any atom is -0.306 e. The topological polar surface area (TPSA) is 35.8 Å². The fraction of sp³-hybridized carbons (Fsp3) is 0.500. The van der Waals surface area contributed by atoms with Gasteiger partial charge in [0.1, 0.15) is 0 Å². The molecule has 0 spiro atoms. The van der Waals surface area contributed by atoms with Gasteiger partial charge in [-0.1, -0.05) is 30.3 Å². The number of nitrogens with zero attached hydrogens (tertiary/aromatic N) is 1. The van der Waals surface area contributed by atoms with Crippen molar-refractivity contribution in [2.24, 2.45) is 0 Å². The Bertz CT molecular complexity index is 366. The normalized spacial score (nSPS) is 18.5. The van der Waals surface area contributed by atoms with E-state index in [1.54, 1.807) is 0 Å². The number of benzene rings is 1. The Hall–Kier alpha value is -0.980. The summed E-state index contributed by atoms with van der Waals surface area (Å²) in [5, 5.41) is 12.6. The SMILES string of the molecule is N#CCC(NC1CCSCC1)c1ccccc1. The first kappa shape index (κ1) is 12.5. The molecule has 3 heteroatoms. The molecule has 1 aliphatic heterocycles. The van der Waals surface area contributed by atoms with E-state index >= 15 is 0 Å². The molecule has 0 amide bonds. The molecular weight excluding hydrogens is 228 g/mol. The molecule has 1 aromatic carbocycles. The third-order valence-corrected chi connectivity index (χ3v) is 4.20. The average molecular weight is 246 g/mol. The molecule has 1 fully saturated rings. The molecule has 0 radical (unpaired) electrons. The maximum atomic E-state index is 8.93. The van der Waals surface area contributed by atoms with Crippen molar-refractivity contribution in [1.29, 1.82) is 5.26 Å². The minimum atomic E-state index is 0.189. The monoisotopic (exact) mass is 246 g/mol. The number of thioether (sulfide) groups is 1. The van der Waals surface area contributed by atoms with E-state index in [1.165, 1.54) is 29.9 Å². The molecule has 0 aromatic heterocycles. The lowest BCUT2D eigenvalue weighted by Crippen LogP contribution is -2.35. The third kappa shape index (κ3) is 3.76. The second-order valence-electron chi connectivity index (χ2n) is 4.38. The van der Waals surface area contributed by atoms with Crippen LogP contribution in [0.4, 0.5) is 0 Å². The van der Waals surface area contributed by atoms with Crippen LogP contribution in [0.5, 0.6) is 0 Å². The van der Waals surface area contributed by atoms with Gasteiger partial charge >= 0.3 is 0 Å². The molecule has 1 aromatic rings. The predicted molar refractivity (Wildman–Crippen MR) is 72.9 cm³/mol. The smallest absolute Gasteiger partial charge is 0.0641 e. The molecule has 2 rings (SSSR count). The van der Waals surface area contributed by atoms with Crippen LogP contribution in [-0.2, 0) is 0 Å². The van der Waals surface area contributed by atoms with E-state index in [1.807, 2.05) is 30.0 Å². The van der Waals surface area contributed by atoms with Gasteiger partial charge in [-0.25, -0.2) is 0 Å². The van der Waals surface area contributed by atoms with E-state index < -0.39 is 0 Å². The van der Waals surface area contributed by atoms with Crippen LogP contribution in [0, 0.1) is 11.3 Å². The second kappa shape index (κ2) is 6.68. The lowest BCUT2D eigenvalue weighted by molar-refractivity contribution is 0.416. The highest BCUT2D eigenvalue weighted by Crippen LogP contribution is 2.22. The summed E-state index contributed by atoms with van der Waals surface area (Å²) in [6.45, 7) is 0. The van der Waals surface area contributed by atoms with Crippen molar-refractivity contribution in [2.45, 2.75) is 31.3 Å². The van der Waals surface area contributed by atoms with E-state index in [4.69, 9.17) is 5.26 Å². The molecule has 0 aliphatic carbocycles. The lowest BCUT2D eigenvalue weighted by atomic mass is 10.0. The van der Waals surface area contributed by atoms with Crippen molar-refractivity contribution in [3.05, 3.63) is 35.9 Å². The van der Waals surface area contributed by atoms with Crippen molar-refractivity contribution in [3.63, 3.8) is 0 Å². The van der Waals surface area contributed by atoms with Gasteiger partial charge < -0.3 is 5.32 Å². The van der Waals surface area contributed by atoms with Crippen molar-refractivity contribution in [3.8, 4) is 6.07 Å². The van der Waals surface area contributed by atoms with Gasteiger partial charge in [0.25, 0.3) is 0 Å². The molecule has 1 atom stereocenters. The maximum Gasteiger partial charge on any atom is 0.0641 e. The van der Waals surface area contributed by atoms with Crippen molar-refractivity contribution in [1.82, 2.24) is 5.32 Å². The van der Waals surface area contributed by atoms with E-state index in [2.05, 4.69) is 23.5 Å². The quantitative estimate of drug-likeness (QED) is 0.886. The summed E-state index contributed by atoms with van der Waals surface area (Å²) in [5.41, 5.74) is 1.23. The van der Waals surface area contributed by atoms with Crippen LogP contribution in [0.3, 0.4) is 0 Å². The average Bonchev–Trinajstić information content (AvgIpc) is 2.40. The molecule has 17 heavy (non-hydrogen) atoms. The van der Waals surface area contributed by atoms with Crippen molar-refractivity contribution in [2.75, 3.05) is 11.5 Å². The Morgan fingerprint density at radius 3 is 2.65 bits per heavy atom. The van der Waals surface area contributed by atoms with Crippen molar-refractivity contribution < 1.29 is 0 Å². The number of rotatable bonds is 4.